The van der Waals surface area contributed by atoms with Gasteiger partial charge in [0.2, 0.25) is 12.1 Å². The lowest BCUT2D eigenvalue weighted by Gasteiger charge is -2.56. The van der Waals surface area contributed by atoms with Gasteiger partial charge in [0.25, 0.3) is 11.6 Å². The van der Waals surface area contributed by atoms with Gasteiger partial charge in [0, 0.05) is 44.2 Å². The molecule has 250 valence electrons. The smallest absolute Gasteiger partial charge is 0.430 e. The number of esters is 1. The van der Waals surface area contributed by atoms with E-state index in [9.17, 15) is 37.7 Å². The number of non-ortho nitro benzene ring substituents is 1. The Hall–Kier alpha value is -4.95. The zero-order valence-corrected chi connectivity index (χ0v) is 26.3. The van der Waals surface area contributed by atoms with Crippen molar-refractivity contribution >= 4 is 29.2 Å². The molecule has 12 nitrogen and oxygen atoms in total. The summed E-state index contributed by atoms with van der Waals surface area (Å²) in [5, 5.41) is 11.6. The molecule has 0 saturated carbocycles. The number of amides is 2. The minimum atomic E-state index is -5.39. The van der Waals surface area contributed by atoms with Gasteiger partial charge in [-0.1, -0.05) is 52.0 Å². The maximum Gasteiger partial charge on any atom is 0.491 e. The third kappa shape index (κ3) is 6.65. The van der Waals surface area contributed by atoms with Crippen LogP contribution in [0.25, 0.3) is 0 Å². The molecular weight excluding hydrogens is 621 g/mol. The van der Waals surface area contributed by atoms with Gasteiger partial charge in [0.15, 0.2) is 6.17 Å². The summed E-state index contributed by atoms with van der Waals surface area (Å²) >= 11 is 0. The summed E-state index contributed by atoms with van der Waals surface area (Å²) in [5.41, 5.74) is 1.14. The lowest BCUT2D eigenvalue weighted by molar-refractivity contribution is -0.384. The van der Waals surface area contributed by atoms with Crippen molar-refractivity contribution in [1.82, 2.24) is 19.4 Å². The molecule has 2 aliphatic rings. The Morgan fingerprint density at radius 1 is 1.04 bits per heavy atom. The Morgan fingerprint density at radius 2 is 1.74 bits per heavy atom. The van der Waals surface area contributed by atoms with E-state index >= 15 is 0 Å². The van der Waals surface area contributed by atoms with Crippen LogP contribution in [-0.2, 0) is 32.8 Å². The number of aryl methyl sites for hydroxylation is 1. The zero-order chi connectivity index (χ0) is 34.3. The quantitative estimate of drug-likeness (QED) is 0.178. The van der Waals surface area contributed by atoms with Crippen LogP contribution >= 0.6 is 0 Å². The summed E-state index contributed by atoms with van der Waals surface area (Å²) in [6, 6.07) is 9.72. The molecule has 1 aromatic heterocycles. The van der Waals surface area contributed by atoms with Gasteiger partial charge in [0.1, 0.15) is 6.04 Å². The number of hydrogen-bond acceptors (Lipinski definition) is 8. The predicted octanol–water partition coefficient (Wildman–Crippen LogP) is 5.02. The van der Waals surface area contributed by atoms with E-state index in [1.807, 2.05) is 32.9 Å². The predicted molar refractivity (Wildman–Crippen MR) is 163 cm³/mol. The van der Waals surface area contributed by atoms with E-state index in [4.69, 9.17) is 4.74 Å². The van der Waals surface area contributed by atoms with Crippen molar-refractivity contribution in [3.63, 3.8) is 0 Å². The van der Waals surface area contributed by atoms with Crippen molar-refractivity contribution in [2.45, 2.75) is 83.7 Å². The van der Waals surface area contributed by atoms with Gasteiger partial charge < -0.3 is 19.1 Å². The van der Waals surface area contributed by atoms with Crippen LogP contribution in [0.2, 0.25) is 0 Å². The highest BCUT2D eigenvalue weighted by Gasteiger charge is 2.57. The first kappa shape index (κ1) is 33.4. The Morgan fingerprint density at radius 3 is 2.32 bits per heavy atom. The molecule has 0 spiro atoms. The monoisotopic (exact) mass is 656 g/mol. The number of hydrogen-bond donors (Lipinski definition) is 0. The minimum absolute atomic E-state index is 0.0770. The summed E-state index contributed by atoms with van der Waals surface area (Å²) in [4.78, 5) is 59.4. The molecule has 0 bridgehead atoms. The third-order valence-electron chi connectivity index (χ3n) is 8.43. The maximum absolute atomic E-state index is 14.1. The van der Waals surface area contributed by atoms with Gasteiger partial charge in [0.05, 0.1) is 22.5 Å². The van der Waals surface area contributed by atoms with Crippen molar-refractivity contribution in [2.75, 3.05) is 11.4 Å². The van der Waals surface area contributed by atoms with Crippen LogP contribution in [0.4, 0.5) is 24.5 Å². The minimum Gasteiger partial charge on any atom is -0.430 e. The number of benzene rings is 2. The molecule has 0 N–H and O–H groups in total. The largest absolute Gasteiger partial charge is 0.491 e. The SMILES string of the molecule is CC[C@H]1C(=O)N(Cc2ccc(C(C)(C)C)cc2)C(OC(=O)C(F)(F)F)C2N(CCCn3ccnc3)c3ccc([N+](=O)[O-])cc3C(=O)N21. The number of nitro groups is 1. The molecule has 2 unspecified atom stereocenters. The number of anilines is 1. The van der Waals surface area contributed by atoms with Crippen molar-refractivity contribution in [3.8, 4) is 0 Å². The van der Waals surface area contributed by atoms with Gasteiger partial charge in [-0.25, -0.2) is 9.78 Å². The maximum atomic E-state index is 14.1. The van der Waals surface area contributed by atoms with E-state index in [2.05, 4.69) is 4.98 Å². The number of piperazine rings is 1. The molecule has 1 saturated heterocycles. The molecular formula is C32H35F3N6O6. The Labute approximate surface area is 268 Å². The van der Waals surface area contributed by atoms with Crippen LogP contribution in [-0.4, -0.2) is 73.2 Å². The average molecular weight is 657 g/mol. The van der Waals surface area contributed by atoms with Crippen molar-refractivity contribution in [3.05, 3.63) is 88.0 Å². The van der Waals surface area contributed by atoms with Gasteiger partial charge >= 0.3 is 12.1 Å². The van der Waals surface area contributed by atoms with Gasteiger partial charge in [-0.3, -0.25) is 24.6 Å². The lowest BCUT2D eigenvalue weighted by atomic mass is 9.86. The Kier molecular flexibility index (Phi) is 9.02. The molecule has 2 amide bonds. The number of imidazole rings is 1. The summed E-state index contributed by atoms with van der Waals surface area (Å²) in [6.07, 6.45) is -3.25. The number of nitrogens with zero attached hydrogens (tertiary/aromatic N) is 6. The number of fused-ring (bicyclic) bond motifs is 2. The van der Waals surface area contributed by atoms with Crippen molar-refractivity contribution in [2.24, 2.45) is 0 Å². The molecule has 2 aromatic carbocycles. The normalized spacial score (nSPS) is 19.8. The molecule has 0 aliphatic carbocycles. The number of nitro benzene ring substituents is 1. The second-order valence-corrected chi connectivity index (χ2v) is 12.6. The molecule has 2 aliphatic heterocycles. The highest BCUT2D eigenvalue weighted by atomic mass is 19.4. The number of carbonyl (C=O) groups excluding carboxylic acids is 3. The van der Waals surface area contributed by atoms with Crippen LogP contribution < -0.4 is 4.90 Å². The van der Waals surface area contributed by atoms with Crippen molar-refractivity contribution < 1.29 is 37.2 Å². The Balaban J connectivity index is 1.63. The highest BCUT2D eigenvalue weighted by molar-refractivity contribution is 6.05. The number of ether oxygens (including phenoxy) is 1. The first-order valence-corrected chi connectivity index (χ1v) is 15.1. The fourth-order valence-electron chi connectivity index (χ4n) is 6.07. The van der Waals surface area contributed by atoms with Gasteiger partial charge in [-0.05, 0) is 35.4 Å². The second kappa shape index (κ2) is 12.7. The van der Waals surface area contributed by atoms with E-state index in [0.29, 0.717) is 18.5 Å². The fraction of sp³-hybridized carbons (Fsp3) is 0.438. The topological polar surface area (TPSA) is 131 Å². The van der Waals surface area contributed by atoms with Crippen LogP contribution in [0.15, 0.2) is 61.2 Å². The summed E-state index contributed by atoms with van der Waals surface area (Å²) < 4.78 is 48.1. The summed E-state index contributed by atoms with van der Waals surface area (Å²) in [5.74, 6) is -4.02. The van der Waals surface area contributed by atoms with E-state index in [0.717, 1.165) is 21.4 Å². The van der Waals surface area contributed by atoms with E-state index in [-0.39, 0.29) is 41.9 Å². The zero-order valence-electron chi connectivity index (χ0n) is 26.3. The molecule has 0 radical (unpaired) electrons. The van der Waals surface area contributed by atoms with Crippen LogP contribution in [0.5, 0.6) is 0 Å². The molecule has 1 fully saturated rings. The van der Waals surface area contributed by atoms with Gasteiger partial charge in [-0.15, -0.1) is 0 Å². The number of alkyl halides is 3. The van der Waals surface area contributed by atoms with E-state index in [1.54, 1.807) is 47.2 Å². The molecule has 5 rings (SSSR count). The number of halogens is 3. The van der Waals surface area contributed by atoms with E-state index < -0.39 is 47.3 Å². The molecule has 3 aromatic rings. The molecule has 3 heterocycles. The molecule has 47 heavy (non-hydrogen) atoms. The van der Waals surface area contributed by atoms with E-state index in [1.165, 1.54) is 12.1 Å². The average Bonchev–Trinajstić information content (AvgIpc) is 3.53. The molecule has 3 atom stereocenters. The first-order chi connectivity index (χ1) is 22.1. The van der Waals surface area contributed by atoms with Crippen LogP contribution in [0.3, 0.4) is 0 Å². The lowest BCUT2D eigenvalue weighted by Crippen LogP contribution is -2.74. The van der Waals surface area contributed by atoms with Crippen LogP contribution in [0.1, 0.15) is 62.0 Å². The van der Waals surface area contributed by atoms with Gasteiger partial charge in [-0.2, -0.15) is 13.2 Å². The molecule has 15 heteroatoms. The third-order valence-corrected chi connectivity index (χ3v) is 8.43. The highest BCUT2D eigenvalue weighted by Crippen LogP contribution is 2.41. The van der Waals surface area contributed by atoms with Crippen LogP contribution in [0, 0.1) is 10.1 Å². The van der Waals surface area contributed by atoms with Crippen molar-refractivity contribution in [1.29, 1.82) is 0 Å². The second-order valence-electron chi connectivity index (χ2n) is 12.6. The number of rotatable bonds is 9. The fourth-order valence-corrected chi connectivity index (χ4v) is 6.07. The summed E-state index contributed by atoms with van der Waals surface area (Å²) in [7, 11) is 0. The Bertz CT molecular complexity index is 1650. The number of carbonyl (C=O) groups is 3. The summed E-state index contributed by atoms with van der Waals surface area (Å²) in [6.45, 7) is 8.08. The first-order valence-electron chi connectivity index (χ1n) is 15.1. The number of aromatic nitrogens is 2. The standard InChI is InChI=1S/C32H35F3N6O6/c1-5-24-28(43)39(18-20-7-9-21(10-8-20)31(2,3)4)29(47-30(44)32(33,34)35)26-38(15-6-14-37-16-13-36-19-37)25-12-11-22(41(45)46)17-23(25)27(42)40(24)26/h7-13,16-17,19,24,26,29H,5-6,14-15,18H2,1-4H3/t24-,26?,29?/m0/s1.